The van der Waals surface area contributed by atoms with Crippen LogP contribution >= 0.6 is 0 Å². The third-order valence-corrected chi connectivity index (χ3v) is 4.88. The van der Waals surface area contributed by atoms with Crippen LogP contribution in [0.4, 0.5) is 0 Å². The van der Waals surface area contributed by atoms with E-state index in [0.717, 1.165) is 43.2 Å². The number of fused-ring (bicyclic) bond motifs is 1. The zero-order chi connectivity index (χ0) is 17.6. The maximum absolute atomic E-state index is 12.6. The van der Waals surface area contributed by atoms with Crippen LogP contribution in [0.1, 0.15) is 49.6 Å². The highest BCUT2D eigenvalue weighted by molar-refractivity contribution is 5.96. The molecular weight excluding hydrogens is 316 g/mol. The number of piperidine rings is 1. The Hall–Kier alpha value is -2.30. The second kappa shape index (κ2) is 8.19. The van der Waals surface area contributed by atoms with Crippen molar-refractivity contribution in [3.8, 4) is 0 Å². The van der Waals surface area contributed by atoms with E-state index in [4.69, 9.17) is 4.42 Å². The van der Waals surface area contributed by atoms with Crippen molar-refractivity contribution >= 4 is 22.8 Å². The fraction of sp³-hybridized carbons (Fsp3) is 0.500. The predicted molar refractivity (Wildman–Crippen MR) is 97.4 cm³/mol. The number of nitrogens with one attached hydrogen (secondary N) is 1. The third kappa shape index (κ3) is 4.41. The van der Waals surface area contributed by atoms with Crippen LogP contribution < -0.4 is 5.32 Å². The summed E-state index contributed by atoms with van der Waals surface area (Å²) < 4.78 is 5.68. The predicted octanol–water partition coefficient (Wildman–Crippen LogP) is 3.59. The molecule has 3 rings (SSSR count). The van der Waals surface area contributed by atoms with E-state index >= 15 is 0 Å². The number of para-hydroxylation sites is 1. The molecule has 5 heteroatoms. The van der Waals surface area contributed by atoms with Gasteiger partial charge in [0.1, 0.15) is 5.58 Å². The minimum absolute atomic E-state index is 0.0402. The number of rotatable bonds is 6. The topological polar surface area (TPSA) is 62.6 Å². The molecule has 5 nitrogen and oxygen atoms in total. The van der Waals surface area contributed by atoms with Gasteiger partial charge in [0, 0.05) is 31.4 Å². The van der Waals surface area contributed by atoms with Crippen LogP contribution in [0.3, 0.4) is 0 Å². The molecule has 0 spiro atoms. The Morgan fingerprint density at radius 3 is 2.72 bits per heavy atom. The Balaban J connectivity index is 1.48. The Morgan fingerprint density at radius 1 is 1.24 bits per heavy atom. The van der Waals surface area contributed by atoms with E-state index in [1.165, 1.54) is 0 Å². The van der Waals surface area contributed by atoms with Crippen molar-refractivity contribution in [3.05, 3.63) is 36.1 Å². The fourth-order valence-electron chi connectivity index (χ4n) is 3.27. The van der Waals surface area contributed by atoms with Gasteiger partial charge in [0.15, 0.2) is 5.76 Å². The van der Waals surface area contributed by atoms with Gasteiger partial charge < -0.3 is 14.6 Å². The summed E-state index contributed by atoms with van der Waals surface area (Å²) in [6, 6.07) is 9.48. The number of furan rings is 1. The average Bonchev–Trinajstić information content (AvgIpc) is 3.08. The summed E-state index contributed by atoms with van der Waals surface area (Å²) >= 11 is 0. The molecule has 0 aliphatic carbocycles. The van der Waals surface area contributed by atoms with Crippen molar-refractivity contribution in [3.63, 3.8) is 0 Å². The zero-order valence-corrected chi connectivity index (χ0v) is 14.8. The van der Waals surface area contributed by atoms with Crippen LogP contribution in [0.2, 0.25) is 0 Å². The fourth-order valence-corrected chi connectivity index (χ4v) is 3.27. The lowest BCUT2D eigenvalue weighted by molar-refractivity contribution is -0.121. The summed E-state index contributed by atoms with van der Waals surface area (Å²) in [4.78, 5) is 26.2. The van der Waals surface area contributed by atoms with Gasteiger partial charge in [-0.2, -0.15) is 0 Å². The Labute approximate surface area is 148 Å². The molecule has 0 radical (unpaired) electrons. The molecule has 1 aromatic carbocycles. The number of hydrogen-bond acceptors (Lipinski definition) is 3. The molecule has 2 amide bonds. The van der Waals surface area contributed by atoms with Gasteiger partial charge in [0.25, 0.3) is 5.91 Å². The van der Waals surface area contributed by atoms with Crippen molar-refractivity contribution in [2.75, 3.05) is 19.6 Å². The molecule has 1 fully saturated rings. The molecule has 1 aliphatic rings. The maximum atomic E-state index is 12.6. The van der Waals surface area contributed by atoms with Gasteiger partial charge in [-0.15, -0.1) is 0 Å². The summed E-state index contributed by atoms with van der Waals surface area (Å²) in [5.74, 6) is 0.960. The summed E-state index contributed by atoms with van der Waals surface area (Å²) in [5.41, 5.74) is 0.746. The van der Waals surface area contributed by atoms with Crippen LogP contribution in [0.25, 0.3) is 11.0 Å². The van der Waals surface area contributed by atoms with E-state index in [-0.39, 0.29) is 11.8 Å². The largest absolute Gasteiger partial charge is 0.451 e. The number of likely N-dealkylation sites (tertiary alicyclic amines) is 1. The molecule has 2 aromatic rings. The highest BCUT2D eigenvalue weighted by Crippen LogP contribution is 2.23. The number of carbonyl (C=O) groups excluding carboxylic acids is 2. The first-order chi connectivity index (χ1) is 12.2. The highest BCUT2D eigenvalue weighted by Gasteiger charge is 2.25. The van der Waals surface area contributed by atoms with Crippen molar-refractivity contribution in [1.29, 1.82) is 0 Å². The molecule has 0 atom stereocenters. The summed E-state index contributed by atoms with van der Waals surface area (Å²) in [5, 5.41) is 3.97. The minimum atomic E-state index is -0.0402. The number of benzene rings is 1. The van der Waals surface area contributed by atoms with Crippen LogP contribution in [0.15, 0.2) is 34.7 Å². The Bertz CT molecular complexity index is 696. The monoisotopic (exact) mass is 342 g/mol. The number of carbonyl (C=O) groups is 2. The number of hydrogen-bond donors (Lipinski definition) is 1. The highest BCUT2D eigenvalue weighted by atomic mass is 16.3. The van der Waals surface area contributed by atoms with Crippen molar-refractivity contribution in [1.82, 2.24) is 10.2 Å². The SMILES string of the molecule is CCCCC(=O)NCC1CCN(C(=O)c2cc3ccccc3o2)CC1. The molecule has 1 N–H and O–H groups in total. The smallest absolute Gasteiger partial charge is 0.289 e. The quantitative estimate of drug-likeness (QED) is 0.872. The van der Waals surface area contributed by atoms with Crippen LogP contribution in [0, 0.1) is 5.92 Å². The van der Waals surface area contributed by atoms with Gasteiger partial charge in [-0.1, -0.05) is 31.5 Å². The van der Waals surface area contributed by atoms with Crippen LogP contribution in [-0.2, 0) is 4.79 Å². The van der Waals surface area contributed by atoms with Crippen LogP contribution in [0.5, 0.6) is 0 Å². The van der Waals surface area contributed by atoms with Gasteiger partial charge in [0.2, 0.25) is 5.91 Å². The van der Waals surface area contributed by atoms with Gasteiger partial charge in [-0.25, -0.2) is 0 Å². The second-order valence-corrected chi connectivity index (χ2v) is 6.79. The van der Waals surface area contributed by atoms with Crippen LogP contribution in [-0.4, -0.2) is 36.3 Å². The lowest BCUT2D eigenvalue weighted by Gasteiger charge is -2.31. The van der Waals surface area contributed by atoms with E-state index in [9.17, 15) is 9.59 Å². The second-order valence-electron chi connectivity index (χ2n) is 6.79. The van der Waals surface area contributed by atoms with Crippen molar-refractivity contribution in [2.45, 2.75) is 39.0 Å². The summed E-state index contributed by atoms with van der Waals surface area (Å²) in [7, 11) is 0. The molecule has 0 unspecified atom stereocenters. The number of amides is 2. The normalized spacial score (nSPS) is 15.5. The van der Waals surface area contributed by atoms with E-state index < -0.39 is 0 Å². The maximum Gasteiger partial charge on any atom is 0.289 e. The van der Waals surface area contributed by atoms with Gasteiger partial charge in [-0.3, -0.25) is 9.59 Å². The minimum Gasteiger partial charge on any atom is -0.451 e. The van der Waals surface area contributed by atoms with Gasteiger partial charge in [0.05, 0.1) is 0 Å². The molecule has 0 bridgehead atoms. The first kappa shape index (κ1) is 17.5. The van der Waals surface area contributed by atoms with Gasteiger partial charge in [-0.05, 0) is 37.3 Å². The average molecular weight is 342 g/mol. The molecule has 2 heterocycles. The first-order valence-corrected chi connectivity index (χ1v) is 9.22. The molecule has 0 saturated carbocycles. The molecule has 134 valence electrons. The number of nitrogens with zero attached hydrogens (tertiary/aromatic N) is 1. The van der Waals surface area contributed by atoms with Crippen molar-refractivity contribution in [2.24, 2.45) is 5.92 Å². The summed E-state index contributed by atoms with van der Waals surface area (Å²) in [6.07, 6.45) is 4.42. The Morgan fingerprint density at radius 2 is 2.00 bits per heavy atom. The first-order valence-electron chi connectivity index (χ1n) is 9.22. The summed E-state index contributed by atoms with van der Waals surface area (Å²) in [6.45, 7) is 4.23. The van der Waals surface area contributed by atoms with E-state index in [0.29, 0.717) is 31.2 Å². The van der Waals surface area contributed by atoms with Gasteiger partial charge >= 0.3 is 0 Å². The molecule has 1 saturated heterocycles. The molecule has 25 heavy (non-hydrogen) atoms. The Kier molecular flexibility index (Phi) is 5.74. The molecule has 1 aromatic heterocycles. The third-order valence-electron chi connectivity index (χ3n) is 4.88. The van der Waals surface area contributed by atoms with E-state index in [1.807, 2.05) is 35.2 Å². The number of unbranched alkanes of at least 4 members (excludes halogenated alkanes) is 1. The van der Waals surface area contributed by atoms with E-state index in [2.05, 4.69) is 12.2 Å². The zero-order valence-electron chi connectivity index (χ0n) is 14.8. The molecular formula is C20H26N2O3. The molecule has 1 aliphatic heterocycles. The van der Waals surface area contributed by atoms with Crippen molar-refractivity contribution < 1.29 is 14.0 Å². The van der Waals surface area contributed by atoms with E-state index in [1.54, 1.807) is 0 Å². The standard InChI is InChI=1S/C20H26N2O3/c1-2-3-8-19(23)21-14-15-9-11-22(12-10-15)20(24)18-13-16-6-4-5-7-17(16)25-18/h4-7,13,15H,2-3,8-12,14H2,1H3,(H,21,23). The lowest BCUT2D eigenvalue weighted by Crippen LogP contribution is -2.41. The lowest BCUT2D eigenvalue weighted by atomic mass is 9.96.